The van der Waals surface area contributed by atoms with Gasteiger partial charge in [0.25, 0.3) is 0 Å². The van der Waals surface area contributed by atoms with Gasteiger partial charge in [0.15, 0.2) is 0 Å². The van der Waals surface area contributed by atoms with Crippen molar-refractivity contribution in [2.24, 2.45) is 5.92 Å². The first-order valence-corrected chi connectivity index (χ1v) is 6.65. The van der Waals surface area contributed by atoms with Crippen molar-refractivity contribution >= 4 is 24.0 Å². The first kappa shape index (κ1) is 16.5. The first-order valence-electron chi connectivity index (χ1n) is 6.65. The minimum absolute atomic E-state index is 0. The van der Waals surface area contributed by atoms with Gasteiger partial charge in [-0.3, -0.25) is 4.79 Å². The van der Waals surface area contributed by atoms with Gasteiger partial charge in [0.2, 0.25) is 5.91 Å². The number of halogens is 1. The summed E-state index contributed by atoms with van der Waals surface area (Å²) in [6, 6.07) is 7.43. The smallest absolute Gasteiger partial charge is 0.228 e. The van der Waals surface area contributed by atoms with Gasteiger partial charge in [0.1, 0.15) is 12.4 Å². The average Bonchev–Trinajstić information content (AvgIpc) is 2.46. The number of hydrogen-bond donors (Lipinski definition) is 2. The fourth-order valence-electron chi connectivity index (χ4n) is 2.14. The van der Waals surface area contributed by atoms with E-state index in [4.69, 9.17) is 4.74 Å². The number of hydrogen-bond acceptors (Lipinski definition) is 3. The van der Waals surface area contributed by atoms with Crippen molar-refractivity contribution in [3.8, 4) is 5.75 Å². The fourth-order valence-corrected chi connectivity index (χ4v) is 2.14. The number of rotatable bonds is 5. The SMILES string of the molecule is C=CCOc1cccc(NC(=O)C2CCCNC2)c1.Cl. The molecule has 1 amide bonds. The lowest BCUT2D eigenvalue weighted by Crippen LogP contribution is -2.37. The molecular weight excluding hydrogens is 276 g/mol. The van der Waals surface area contributed by atoms with Gasteiger partial charge in [-0.1, -0.05) is 18.7 Å². The lowest BCUT2D eigenvalue weighted by molar-refractivity contribution is -0.120. The van der Waals surface area contributed by atoms with Crippen molar-refractivity contribution in [2.75, 3.05) is 25.0 Å². The van der Waals surface area contributed by atoms with Crippen LogP contribution in [0, 0.1) is 5.92 Å². The van der Waals surface area contributed by atoms with Crippen molar-refractivity contribution < 1.29 is 9.53 Å². The standard InChI is InChI=1S/C15H20N2O2.ClH/c1-2-9-19-14-7-3-6-13(10-14)17-15(18)12-5-4-8-16-11-12;/h2-3,6-7,10,12,16H,1,4-5,8-9,11H2,(H,17,18);1H. The van der Waals surface area contributed by atoms with E-state index in [1.807, 2.05) is 24.3 Å². The molecule has 5 heteroatoms. The average molecular weight is 297 g/mol. The Bertz CT molecular complexity index is 445. The highest BCUT2D eigenvalue weighted by atomic mass is 35.5. The molecule has 1 aliphatic rings. The molecule has 1 aliphatic heterocycles. The van der Waals surface area contributed by atoms with Crippen molar-refractivity contribution in [3.05, 3.63) is 36.9 Å². The first-order chi connectivity index (χ1) is 9.29. The second-order valence-electron chi connectivity index (χ2n) is 4.66. The number of nitrogens with one attached hydrogen (secondary N) is 2. The molecule has 1 heterocycles. The van der Waals surface area contributed by atoms with E-state index in [1.54, 1.807) is 6.08 Å². The zero-order valence-electron chi connectivity index (χ0n) is 11.4. The largest absolute Gasteiger partial charge is 0.489 e. The van der Waals surface area contributed by atoms with Crippen molar-refractivity contribution in [1.29, 1.82) is 0 Å². The zero-order valence-corrected chi connectivity index (χ0v) is 12.2. The predicted molar refractivity (Wildman–Crippen MR) is 83.6 cm³/mol. The number of ether oxygens (including phenoxy) is 1. The molecule has 4 nitrogen and oxygen atoms in total. The second-order valence-corrected chi connectivity index (χ2v) is 4.66. The molecule has 2 N–H and O–H groups in total. The molecular formula is C15H21ClN2O2. The highest BCUT2D eigenvalue weighted by Gasteiger charge is 2.20. The van der Waals surface area contributed by atoms with Crippen LogP contribution in [0.1, 0.15) is 12.8 Å². The molecule has 0 radical (unpaired) electrons. The molecule has 1 saturated heterocycles. The Labute approximate surface area is 126 Å². The van der Waals surface area contributed by atoms with Gasteiger partial charge in [-0.25, -0.2) is 0 Å². The van der Waals surface area contributed by atoms with E-state index >= 15 is 0 Å². The zero-order chi connectivity index (χ0) is 13.5. The van der Waals surface area contributed by atoms with Gasteiger partial charge in [-0.2, -0.15) is 0 Å². The molecule has 110 valence electrons. The van der Waals surface area contributed by atoms with Crippen LogP contribution >= 0.6 is 12.4 Å². The normalized spacial score (nSPS) is 17.7. The van der Waals surface area contributed by atoms with Gasteiger partial charge in [0.05, 0.1) is 5.92 Å². The third-order valence-electron chi connectivity index (χ3n) is 3.14. The van der Waals surface area contributed by atoms with Crippen LogP contribution < -0.4 is 15.4 Å². The molecule has 0 spiro atoms. The van der Waals surface area contributed by atoms with Crippen molar-refractivity contribution in [2.45, 2.75) is 12.8 Å². The van der Waals surface area contributed by atoms with Crippen LogP contribution in [-0.4, -0.2) is 25.6 Å². The number of amides is 1. The van der Waals surface area contributed by atoms with Crippen LogP contribution in [0.25, 0.3) is 0 Å². The minimum Gasteiger partial charge on any atom is -0.489 e. The van der Waals surface area contributed by atoms with Crippen molar-refractivity contribution in [1.82, 2.24) is 5.32 Å². The maximum Gasteiger partial charge on any atom is 0.228 e. The quantitative estimate of drug-likeness (QED) is 0.821. The Kier molecular flexibility index (Phi) is 7.12. The topological polar surface area (TPSA) is 50.4 Å². The summed E-state index contributed by atoms with van der Waals surface area (Å²) in [7, 11) is 0. The Balaban J connectivity index is 0.00000200. The molecule has 0 aromatic heterocycles. The monoisotopic (exact) mass is 296 g/mol. The second kappa shape index (κ2) is 8.61. The molecule has 1 atom stereocenters. The summed E-state index contributed by atoms with van der Waals surface area (Å²) >= 11 is 0. The highest BCUT2D eigenvalue weighted by molar-refractivity contribution is 5.92. The molecule has 1 fully saturated rings. The fraction of sp³-hybridized carbons (Fsp3) is 0.400. The van der Waals surface area contributed by atoms with E-state index in [2.05, 4.69) is 17.2 Å². The van der Waals surface area contributed by atoms with Crippen LogP contribution in [0.5, 0.6) is 5.75 Å². The third kappa shape index (κ3) is 4.87. The molecule has 0 bridgehead atoms. The maximum absolute atomic E-state index is 12.1. The Morgan fingerprint density at radius 3 is 3.10 bits per heavy atom. The van der Waals surface area contributed by atoms with E-state index in [9.17, 15) is 4.79 Å². The van der Waals surface area contributed by atoms with Gasteiger partial charge in [-0.05, 0) is 31.5 Å². The van der Waals surface area contributed by atoms with Gasteiger partial charge < -0.3 is 15.4 Å². The number of anilines is 1. The number of benzene rings is 1. The van der Waals surface area contributed by atoms with Gasteiger partial charge >= 0.3 is 0 Å². The van der Waals surface area contributed by atoms with E-state index in [0.717, 1.165) is 37.4 Å². The number of carbonyl (C=O) groups excluding carboxylic acids is 1. The molecule has 20 heavy (non-hydrogen) atoms. The van der Waals surface area contributed by atoms with Crippen LogP contribution in [0.2, 0.25) is 0 Å². The third-order valence-corrected chi connectivity index (χ3v) is 3.14. The molecule has 1 aromatic carbocycles. The van der Waals surface area contributed by atoms with Gasteiger partial charge in [0, 0.05) is 18.3 Å². The van der Waals surface area contributed by atoms with Crippen LogP contribution in [0.15, 0.2) is 36.9 Å². The Morgan fingerprint density at radius 2 is 2.40 bits per heavy atom. The molecule has 0 aliphatic carbocycles. The molecule has 1 unspecified atom stereocenters. The minimum atomic E-state index is 0. The summed E-state index contributed by atoms with van der Waals surface area (Å²) < 4.78 is 5.44. The maximum atomic E-state index is 12.1. The van der Waals surface area contributed by atoms with Crippen LogP contribution in [0.4, 0.5) is 5.69 Å². The van der Waals surface area contributed by atoms with E-state index in [-0.39, 0.29) is 24.2 Å². The van der Waals surface area contributed by atoms with Gasteiger partial charge in [-0.15, -0.1) is 12.4 Å². The molecule has 2 rings (SSSR count). The summed E-state index contributed by atoms with van der Waals surface area (Å²) in [5.74, 6) is 0.874. The van der Waals surface area contributed by atoms with E-state index in [1.165, 1.54) is 0 Å². The number of carbonyl (C=O) groups is 1. The predicted octanol–water partition coefficient (Wildman–Crippen LogP) is 2.61. The summed E-state index contributed by atoms with van der Waals surface area (Å²) in [5.41, 5.74) is 0.775. The Morgan fingerprint density at radius 1 is 1.55 bits per heavy atom. The van der Waals surface area contributed by atoms with Crippen LogP contribution in [0.3, 0.4) is 0 Å². The lowest BCUT2D eigenvalue weighted by Gasteiger charge is -2.22. The lowest BCUT2D eigenvalue weighted by atomic mass is 9.99. The summed E-state index contributed by atoms with van der Waals surface area (Å²) in [6.07, 6.45) is 3.70. The summed E-state index contributed by atoms with van der Waals surface area (Å²) in [4.78, 5) is 12.1. The summed E-state index contributed by atoms with van der Waals surface area (Å²) in [6.45, 7) is 5.84. The van der Waals surface area contributed by atoms with E-state index < -0.39 is 0 Å². The summed E-state index contributed by atoms with van der Waals surface area (Å²) in [5, 5.41) is 6.19. The molecule has 1 aromatic rings. The highest BCUT2D eigenvalue weighted by Crippen LogP contribution is 2.19. The Hall–Kier alpha value is -1.52. The van der Waals surface area contributed by atoms with Crippen molar-refractivity contribution in [3.63, 3.8) is 0 Å². The number of piperidine rings is 1. The van der Waals surface area contributed by atoms with Crippen LogP contribution in [-0.2, 0) is 4.79 Å². The molecule has 0 saturated carbocycles. The van der Waals surface area contributed by atoms with E-state index in [0.29, 0.717) is 6.61 Å².